The van der Waals surface area contributed by atoms with Crippen molar-refractivity contribution in [2.75, 3.05) is 26.2 Å². The highest BCUT2D eigenvalue weighted by Gasteiger charge is 2.23. The summed E-state index contributed by atoms with van der Waals surface area (Å²) in [6.07, 6.45) is 3.94. The van der Waals surface area contributed by atoms with E-state index in [-0.39, 0.29) is 11.8 Å². The van der Waals surface area contributed by atoms with E-state index in [1.165, 1.54) is 0 Å². The van der Waals surface area contributed by atoms with Crippen molar-refractivity contribution in [1.82, 2.24) is 20.5 Å². The van der Waals surface area contributed by atoms with E-state index >= 15 is 0 Å². The molecule has 3 rings (SSSR count). The molecule has 0 aliphatic heterocycles. The van der Waals surface area contributed by atoms with Gasteiger partial charge >= 0.3 is 0 Å². The molecule has 0 bridgehead atoms. The Morgan fingerprint density at radius 3 is 2.32 bits per heavy atom. The third-order valence-corrected chi connectivity index (χ3v) is 6.36. The van der Waals surface area contributed by atoms with Crippen molar-refractivity contribution >= 4 is 11.8 Å². The maximum Gasteiger partial charge on any atom is 0.253 e. The maximum absolute atomic E-state index is 13.3. The zero-order chi connectivity index (χ0) is 27.2. The van der Waals surface area contributed by atoms with Crippen molar-refractivity contribution in [2.24, 2.45) is 0 Å². The molecule has 38 heavy (non-hydrogen) atoms. The molecular formula is C31H40N4O3. The fourth-order valence-electron chi connectivity index (χ4n) is 4.39. The van der Waals surface area contributed by atoms with Crippen molar-refractivity contribution in [2.45, 2.75) is 51.7 Å². The van der Waals surface area contributed by atoms with Gasteiger partial charge in [-0.1, -0.05) is 56.3 Å². The van der Waals surface area contributed by atoms with Crippen LogP contribution in [-0.4, -0.2) is 65.1 Å². The Morgan fingerprint density at radius 2 is 1.63 bits per heavy atom. The van der Waals surface area contributed by atoms with Crippen molar-refractivity contribution in [3.63, 3.8) is 0 Å². The van der Waals surface area contributed by atoms with Gasteiger partial charge in [-0.2, -0.15) is 0 Å². The SMILES string of the molecule is CCCN(CCC)C(=O)c1cccc(C(=O)N[C@@H](Cc2ccccc2)[C@H](O)CNCCc2ccccn2)c1. The number of nitrogens with one attached hydrogen (secondary N) is 2. The first-order valence-electron chi connectivity index (χ1n) is 13.5. The van der Waals surface area contributed by atoms with Crippen LogP contribution >= 0.6 is 0 Å². The predicted octanol–water partition coefficient (Wildman–Crippen LogP) is 3.88. The summed E-state index contributed by atoms with van der Waals surface area (Å²) in [5.41, 5.74) is 2.89. The van der Waals surface area contributed by atoms with Crippen LogP contribution in [-0.2, 0) is 12.8 Å². The smallest absolute Gasteiger partial charge is 0.253 e. The molecular weight excluding hydrogens is 476 g/mol. The van der Waals surface area contributed by atoms with Gasteiger partial charge in [-0.05, 0) is 55.2 Å². The second-order valence-electron chi connectivity index (χ2n) is 9.49. The number of pyridine rings is 1. The predicted molar refractivity (Wildman–Crippen MR) is 151 cm³/mol. The number of carbonyl (C=O) groups excluding carboxylic acids is 2. The standard InChI is InChI=1S/C31H40N4O3/c1-3-19-35(20-4-2)31(38)26-14-10-13-25(22-26)30(37)34-28(21-24-11-6-5-7-12-24)29(36)23-32-18-16-27-15-8-9-17-33-27/h5-15,17,22,28-29,32,36H,3-4,16,18-21,23H2,1-2H3,(H,34,37)/t28-,29+/m0/s1. The van der Waals surface area contributed by atoms with E-state index in [1.54, 1.807) is 30.5 Å². The average molecular weight is 517 g/mol. The van der Waals surface area contributed by atoms with E-state index in [0.717, 1.165) is 30.5 Å². The highest BCUT2D eigenvalue weighted by atomic mass is 16.3. The van der Waals surface area contributed by atoms with E-state index in [4.69, 9.17) is 0 Å². The minimum Gasteiger partial charge on any atom is -0.390 e. The van der Waals surface area contributed by atoms with Crippen LogP contribution in [0.2, 0.25) is 0 Å². The zero-order valence-electron chi connectivity index (χ0n) is 22.5. The molecule has 0 fully saturated rings. The van der Waals surface area contributed by atoms with Crippen LogP contribution in [0.15, 0.2) is 79.0 Å². The molecule has 0 saturated heterocycles. The zero-order valence-corrected chi connectivity index (χ0v) is 22.5. The summed E-state index contributed by atoms with van der Waals surface area (Å²) in [4.78, 5) is 32.5. The number of hydrogen-bond acceptors (Lipinski definition) is 5. The summed E-state index contributed by atoms with van der Waals surface area (Å²) in [5.74, 6) is -0.382. The normalized spacial score (nSPS) is 12.5. The average Bonchev–Trinajstić information content (AvgIpc) is 2.95. The fraction of sp³-hybridized carbons (Fsp3) is 0.387. The number of rotatable bonds is 15. The van der Waals surface area contributed by atoms with E-state index in [0.29, 0.717) is 43.7 Å². The highest BCUT2D eigenvalue weighted by Crippen LogP contribution is 2.12. The van der Waals surface area contributed by atoms with Crippen LogP contribution in [0.4, 0.5) is 0 Å². The lowest BCUT2D eigenvalue weighted by atomic mass is 10.00. The summed E-state index contributed by atoms with van der Waals surface area (Å²) in [6.45, 7) is 6.45. The molecule has 0 unspecified atom stereocenters. The lowest BCUT2D eigenvalue weighted by Gasteiger charge is -2.25. The summed E-state index contributed by atoms with van der Waals surface area (Å²) >= 11 is 0. The Morgan fingerprint density at radius 1 is 0.921 bits per heavy atom. The van der Waals surface area contributed by atoms with Gasteiger partial charge in [0.2, 0.25) is 0 Å². The molecule has 202 valence electrons. The van der Waals surface area contributed by atoms with Crippen LogP contribution in [0, 0.1) is 0 Å². The van der Waals surface area contributed by atoms with E-state index in [2.05, 4.69) is 15.6 Å². The Kier molecular flexibility index (Phi) is 11.9. The van der Waals surface area contributed by atoms with Gasteiger partial charge in [-0.3, -0.25) is 14.6 Å². The number of aliphatic hydroxyl groups is 1. The van der Waals surface area contributed by atoms with Gasteiger partial charge in [-0.15, -0.1) is 0 Å². The first kappa shape index (κ1) is 29.0. The summed E-state index contributed by atoms with van der Waals surface area (Å²) in [6, 6.07) is 21.9. The van der Waals surface area contributed by atoms with Gasteiger partial charge in [0, 0.05) is 55.6 Å². The fourth-order valence-corrected chi connectivity index (χ4v) is 4.39. The van der Waals surface area contributed by atoms with E-state index < -0.39 is 12.1 Å². The molecule has 7 nitrogen and oxygen atoms in total. The van der Waals surface area contributed by atoms with Crippen LogP contribution in [0.3, 0.4) is 0 Å². The first-order valence-corrected chi connectivity index (χ1v) is 13.5. The summed E-state index contributed by atoms with van der Waals surface area (Å²) < 4.78 is 0. The van der Waals surface area contributed by atoms with Crippen LogP contribution < -0.4 is 10.6 Å². The number of carbonyl (C=O) groups is 2. The number of hydrogen-bond donors (Lipinski definition) is 3. The van der Waals surface area contributed by atoms with Gasteiger partial charge in [-0.25, -0.2) is 0 Å². The molecule has 2 atom stereocenters. The van der Waals surface area contributed by atoms with Gasteiger partial charge in [0.05, 0.1) is 12.1 Å². The molecule has 3 N–H and O–H groups in total. The van der Waals surface area contributed by atoms with E-state index in [1.807, 2.05) is 67.3 Å². The van der Waals surface area contributed by atoms with Gasteiger partial charge < -0.3 is 20.6 Å². The van der Waals surface area contributed by atoms with Crippen molar-refractivity contribution < 1.29 is 14.7 Å². The van der Waals surface area contributed by atoms with Crippen LogP contribution in [0.5, 0.6) is 0 Å². The Labute approximate surface area is 226 Å². The Bertz CT molecular complexity index is 1120. The molecule has 0 aliphatic carbocycles. The van der Waals surface area contributed by atoms with Crippen molar-refractivity contribution in [1.29, 1.82) is 0 Å². The van der Waals surface area contributed by atoms with Gasteiger partial charge in [0.25, 0.3) is 11.8 Å². The number of nitrogens with zero attached hydrogens (tertiary/aromatic N) is 2. The highest BCUT2D eigenvalue weighted by molar-refractivity contribution is 5.99. The second kappa shape index (κ2) is 15.6. The minimum absolute atomic E-state index is 0.0682. The number of benzene rings is 2. The Balaban J connectivity index is 1.67. The molecule has 0 radical (unpaired) electrons. The molecule has 0 spiro atoms. The molecule has 1 heterocycles. The molecule has 2 aromatic carbocycles. The molecule has 0 aliphatic rings. The summed E-state index contributed by atoms with van der Waals surface area (Å²) in [5, 5.41) is 17.3. The largest absolute Gasteiger partial charge is 0.390 e. The van der Waals surface area contributed by atoms with Crippen LogP contribution in [0.25, 0.3) is 0 Å². The lowest BCUT2D eigenvalue weighted by Crippen LogP contribution is -2.49. The van der Waals surface area contributed by atoms with Crippen molar-refractivity contribution in [3.8, 4) is 0 Å². The third-order valence-electron chi connectivity index (χ3n) is 6.36. The first-order chi connectivity index (χ1) is 18.5. The second-order valence-corrected chi connectivity index (χ2v) is 9.49. The lowest BCUT2D eigenvalue weighted by molar-refractivity contribution is 0.0755. The summed E-state index contributed by atoms with van der Waals surface area (Å²) in [7, 11) is 0. The molecule has 1 aromatic heterocycles. The van der Waals surface area contributed by atoms with E-state index in [9.17, 15) is 14.7 Å². The number of aliphatic hydroxyl groups excluding tert-OH is 1. The molecule has 2 amide bonds. The van der Waals surface area contributed by atoms with Crippen molar-refractivity contribution in [3.05, 3.63) is 101 Å². The number of amides is 2. The molecule has 3 aromatic rings. The molecule has 7 heteroatoms. The Hall–Kier alpha value is -3.55. The minimum atomic E-state index is -0.808. The van der Waals surface area contributed by atoms with Crippen LogP contribution in [0.1, 0.15) is 58.7 Å². The maximum atomic E-state index is 13.3. The topological polar surface area (TPSA) is 94.6 Å². The molecule has 0 saturated carbocycles. The third kappa shape index (κ3) is 9.08. The van der Waals surface area contributed by atoms with Gasteiger partial charge in [0.15, 0.2) is 0 Å². The number of aromatic nitrogens is 1. The van der Waals surface area contributed by atoms with Gasteiger partial charge in [0.1, 0.15) is 0 Å². The monoisotopic (exact) mass is 516 g/mol. The quantitative estimate of drug-likeness (QED) is 0.267.